The van der Waals surface area contributed by atoms with E-state index in [9.17, 15) is 9.90 Å². The Hall–Kier alpha value is -1.31. The van der Waals surface area contributed by atoms with Crippen LogP contribution < -0.4 is 0 Å². The third-order valence-corrected chi connectivity index (χ3v) is 4.68. The smallest absolute Gasteiger partial charge is 0.310 e. The first kappa shape index (κ1) is 10.8. The van der Waals surface area contributed by atoms with Gasteiger partial charge in [-0.25, -0.2) is 0 Å². The summed E-state index contributed by atoms with van der Waals surface area (Å²) in [7, 11) is 0. The quantitative estimate of drug-likeness (QED) is 0.802. The number of carbonyl (C=O) groups is 1. The van der Waals surface area contributed by atoms with Crippen LogP contribution >= 0.6 is 0 Å². The summed E-state index contributed by atoms with van der Waals surface area (Å²) in [6, 6.07) is 8.22. The highest BCUT2D eigenvalue weighted by atomic mass is 16.4. The van der Waals surface area contributed by atoms with Crippen LogP contribution in [0, 0.1) is 0 Å². The van der Waals surface area contributed by atoms with Gasteiger partial charge >= 0.3 is 5.97 Å². The van der Waals surface area contributed by atoms with Crippen LogP contribution in [-0.4, -0.2) is 11.1 Å². The molecule has 0 radical (unpaired) electrons. The molecule has 1 atom stereocenters. The zero-order valence-corrected chi connectivity index (χ0v) is 9.98. The Bertz CT molecular complexity index is 444. The molecule has 90 valence electrons. The van der Waals surface area contributed by atoms with Crippen molar-refractivity contribution in [3.05, 3.63) is 35.4 Å². The molecule has 0 aliphatic heterocycles. The molecule has 1 aromatic rings. The third-order valence-electron chi connectivity index (χ3n) is 4.68. The second-order valence-electron chi connectivity index (χ2n) is 5.50. The summed E-state index contributed by atoms with van der Waals surface area (Å²) in [5.74, 6) is -0.942. The van der Waals surface area contributed by atoms with Crippen molar-refractivity contribution in [1.29, 1.82) is 0 Å². The van der Waals surface area contributed by atoms with Gasteiger partial charge < -0.3 is 5.11 Å². The number of carboxylic acids is 1. The standard InChI is InChI=1S/C15H18O2/c16-14(17)12-7-10-15(8-3-4-9-15)13-6-2-1-5-11(12)13/h1-2,5-6,12H,3-4,7-10H2,(H,16,17). The van der Waals surface area contributed by atoms with Gasteiger partial charge in [-0.3, -0.25) is 4.79 Å². The number of aliphatic carboxylic acids is 1. The Morgan fingerprint density at radius 2 is 1.88 bits per heavy atom. The molecular weight excluding hydrogens is 212 g/mol. The van der Waals surface area contributed by atoms with Crippen LogP contribution in [0.15, 0.2) is 24.3 Å². The van der Waals surface area contributed by atoms with Crippen LogP contribution in [0.3, 0.4) is 0 Å². The van der Waals surface area contributed by atoms with Crippen molar-refractivity contribution in [2.24, 2.45) is 0 Å². The molecule has 1 spiro atoms. The maximum absolute atomic E-state index is 11.3. The predicted molar refractivity (Wildman–Crippen MR) is 66.2 cm³/mol. The van der Waals surface area contributed by atoms with Gasteiger partial charge in [0.1, 0.15) is 0 Å². The van der Waals surface area contributed by atoms with Gasteiger partial charge in [-0.1, -0.05) is 37.1 Å². The Balaban J connectivity index is 2.10. The number of carboxylic acid groups (broad SMARTS) is 1. The first-order valence-corrected chi connectivity index (χ1v) is 6.55. The first-order valence-electron chi connectivity index (χ1n) is 6.55. The van der Waals surface area contributed by atoms with E-state index in [0.29, 0.717) is 5.41 Å². The lowest BCUT2D eigenvalue weighted by molar-refractivity contribution is -0.139. The summed E-state index contributed by atoms with van der Waals surface area (Å²) in [6.07, 6.45) is 6.96. The highest BCUT2D eigenvalue weighted by Gasteiger charge is 2.42. The Morgan fingerprint density at radius 1 is 1.18 bits per heavy atom. The van der Waals surface area contributed by atoms with Crippen molar-refractivity contribution in [2.45, 2.75) is 49.9 Å². The fraction of sp³-hybridized carbons (Fsp3) is 0.533. The second-order valence-corrected chi connectivity index (χ2v) is 5.50. The number of fused-ring (bicyclic) bond motifs is 2. The van der Waals surface area contributed by atoms with Crippen LogP contribution in [0.25, 0.3) is 0 Å². The van der Waals surface area contributed by atoms with Crippen LogP contribution in [-0.2, 0) is 10.2 Å². The fourth-order valence-corrected chi connectivity index (χ4v) is 3.82. The van der Waals surface area contributed by atoms with Gasteiger partial charge in [0.05, 0.1) is 5.92 Å². The number of hydrogen-bond acceptors (Lipinski definition) is 1. The number of benzene rings is 1. The van der Waals surface area contributed by atoms with Gasteiger partial charge in [0.2, 0.25) is 0 Å². The van der Waals surface area contributed by atoms with Gasteiger partial charge in [-0.15, -0.1) is 0 Å². The first-order chi connectivity index (χ1) is 8.23. The van der Waals surface area contributed by atoms with Gasteiger partial charge in [0.15, 0.2) is 0 Å². The minimum absolute atomic E-state index is 0.280. The monoisotopic (exact) mass is 230 g/mol. The molecule has 2 heteroatoms. The Kier molecular flexibility index (Phi) is 2.46. The van der Waals surface area contributed by atoms with E-state index in [4.69, 9.17) is 0 Å². The molecule has 17 heavy (non-hydrogen) atoms. The van der Waals surface area contributed by atoms with Crippen LogP contribution in [0.1, 0.15) is 55.6 Å². The Labute approximate surface area is 102 Å². The minimum Gasteiger partial charge on any atom is -0.481 e. The summed E-state index contributed by atoms with van der Waals surface area (Å²) in [6.45, 7) is 0. The normalized spacial score (nSPS) is 25.8. The number of rotatable bonds is 1. The molecule has 0 saturated heterocycles. The molecule has 1 aromatic carbocycles. The van der Waals surface area contributed by atoms with E-state index in [-0.39, 0.29) is 5.92 Å². The van der Waals surface area contributed by atoms with Crippen molar-refractivity contribution in [3.63, 3.8) is 0 Å². The SMILES string of the molecule is O=C(O)C1CCC2(CCCC2)c2ccccc21. The summed E-state index contributed by atoms with van der Waals surface area (Å²) < 4.78 is 0. The van der Waals surface area contributed by atoms with Crippen molar-refractivity contribution < 1.29 is 9.90 Å². The largest absolute Gasteiger partial charge is 0.481 e. The van der Waals surface area contributed by atoms with Crippen LogP contribution in [0.2, 0.25) is 0 Å². The topological polar surface area (TPSA) is 37.3 Å². The molecule has 2 aliphatic rings. The Morgan fingerprint density at radius 3 is 2.59 bits per heavy atom. The minimum atomic E-state index is -0.662. The lowest BCUT2D eigenvalue weighted by Crippen LogP contribution is -2.31. The molecule has 2 aliphatic carbocycles. The van der Waals surface area contributed by atoms with Gasteiger partial charge in [0.25, 0.3) is 0 Å². The molecule has 1 saturated carbocycles. The second kappa shape index (κ2) is 3.86. The van der Waals surface area contributed by atoms with Crippen molar-refractivity contribution in [1.82, 2.24) is 0 Å². The van der Waals surface area contributed by atoms with E-state index >= 15 is 0 Å². The van der Waals surface area contributed by atoms with Crippen LogP contribution in [0.4, 0.5) is 0 Å². The van der Waals surface area contributed by atoms with Crippen molar-refractivity contribution in [3.8, 4) is 0 Å². The van der Waals surface area contributed by atoms with E-state index in [1.807, 2.05) is 12.1 Å². The maximum Gasteiger partial charge on any atom is 0.310 e. The molecule has 1 unspecified atom stereocenters. The lowest BCUT2D eigenvalue weighted by atomic mass is 9.65. The van der Waals surface area contributed by atoms with E-state index in [0.717, 1.165) is 18.4 Å². The van der Waals surface area contributed by atoms with Gasteiger partial charge in [0, 0.05) is 0 Å². The lowest BCUT2D eigenvalue weighted by Gasteiger charge is -2.38. The molecule has 1 fully saturated rings. The molecule has 0 bridgehead atoms. The van der Waals surface area contributed by atoms with E-state index in [1.165, 1.54) is 31.2 Å². The summed E-state index contributed by atoms with van der Waals surface area (Å²) >= 11 is 0. The van der Waals surface area contributed by atoms with Crippen molar-refractivity contribution >= 4 is 5.97 Å². The average Bonchev–Trinajstić information content (AvgIpc) is 2.79. The molecule has 3 rings (SSSR count). The molecule has 2 nitrogen and oxygen atoms in total. The zero-order chi connectivity index (χ0) is 11.9. The predicted octanol–water partition coefficient (Wildman–Crippen LogP) is 3.46. The van der Waals surface area contributed by atoms with Crippen LogP contribution in [0.5, 0.6) is 0 Å². The molecule has 1 N–H and O–H groups in total. The summed E-state index contributed by atoms with van der Waals surface area (Å²) in [4.78, 5) is 11.3. The molecule has 0 aromatic heterocycles. The van der Waals surface area contributed by atoms with E-state index in [2.05, 4.69) is 12.1 Å². The fourth-order valence-electron chi connectivity index (χ4n) is 3.82. The number of hydrogen-bond donors (Lipinski definition) is 1. The highest BCUT2D eigenvalue weighted by molar-refractivity contribution is 5.77. The van der Waals surface area contributed by atoms with E-state index < -0.39 is 5.97 Å². The van der Waals surface area contributed by atoms with E-state index in [1.54, 1.807) is 0 Å². The third kappa shape index (κ3) is 1.58. The maximum atomic E-state index is 11.3. The van der Waals surface area contributed by atoms with Gasteiger partial charge in [-0.2, -0.15) is 0 Å². The zero-order valence-electron chi connectivity index (χ0n) is 9.98. The van der Waals surface area contributed by atoms with Gasteiger partial charge in [-0.05, 0) is 42.2 Å². The highest BCUT2D eigenvalue weighted by Crippen LogP contribution is 2.51. The summed E-state index contributed by atoms with van der Waals surface area (Å²) in [5.41, 5.74) is 2.71. The molecule has 0 heterocycles. The molecular formula is C15H18O2. The summed E-state index contributed by atoms with van der Waals surface area (Å²) in [5, 5.41) is 9.32. The van der Waals surface area contributed by atoms with Crippen molar-refractivity contribution in [2.75, 3.05) is 0 Å². The average molecular weight is 230 g/mol. The molecule has 0 amide bonds.